The van der Waals surface area contributed by atoms with Crippen LogP contribution in [0.3, 0.4) is 0 Å². The molecule has 0 atom stereocenters. The van der Waals surface area contributed by atoms with E-state index in [0.29, 0.717) is 16.7 Å². The van der Waals surface area contributed by atoms with E-state index in [-0.39, 0.29) is 18.1 Å². The summed E-state index contributed by atoms with van der Waals surface area (Å²) in [5.41, 5.74) is 1.79. The van der Waals surface area contributed by atoms with E-state index < -0.39 is 17.9 Å². The zero-order valence-electron chi connectivity index (χ0n) is 13.9. The summed E-state index contributed by atoms with van der Waals surface area (Å²) < 4.78 is 17.6. The molecule has 3 rings (SSSR count). The Morgan fingerprint density at radius 3 is 2.38 bits per heavy atom. The summed E-state index contributed by atoms with van der Waals surface area (Å²) in [6.45, 7) is 0.0452. The Labute approximate surface area is 148 Å². The monoisotopic (exact) mass is 354 g/mol. The van der Waals surface area contributed by atoms with Gasteiger partial charge in [0, 0.05) is 0 Å². The fraction of sp³-hybridized carbons (Fsp3) is 0.105. The molecule has 0 aliphatic carbocycles. The number of methoxy groups -OCH3 is 1. The van der Waals surface area contributed by atoms with Crippen molar-refractivity contribution in [3.8, 4) is 0 Å². The van der Waals surface area contributed by atoms with E-state index in [1.54, 1.807) is 24.3 Å². The number of nitrogens with zero attached hydrogens (tertiary/aromatic N) is 1. The van der Waals surface area contributed by atoms with Crippen molar-refractivity contribution in [2.75, 3.05) is 7.11 Å². The molecular weight excluding hydrogens is 339 g/mol. The second-order valence-electron chi connectivity index (χ2n) is 5.62. The SMILES string of the molecule is COC(=O)c1ccc(C=C2NC(=O)N(Cc3ccc(F)cc3)C2=O)cc1. The highest BCUT2D eigenvalue weighted by atomic mass is 19.1. The number of hydrogen-bond acceptors (Lipinski definition) is 4. The maximum absolute atomic E-state index is 13.0. The van der Waals surface area contributed by atoms with E-state index in [4.69, 9.17) is 0 Å². The summed E-state index contributed by atoms with van der Waals surface area (Å²) in [5, 5.41) is 2.52. The zero-order chi connectivity index (χ0) is 18.7. The lowest BCUT2D eigenvalue weighted by molar-refractivity contribution is -0.123. The van der Waals surface area contributed by atoms with Crippen LogP contribution in [0, 0.1) is 5.82 Å². The second kappa shape index (κ2) is 7.18. The van der Waals surface area contributed by atoms with Crippen molar-refractivity contribution in [2.24, 2.45) is 0 Å². The number of rotatable bonds is 4. The Kier molecular flexibility index (Phi) is 4.79. The molecule has 7 heteroatoms. The number of carbonyl (C=O) groups is 3. The minimum absolute atomic E-state index is 0.0452. The quantitative estimate of drug-likeness (QED) is 0.520. The van der Waals surface area contributed by atoms with Gasteiger partial charge >= 0.3 is 12.0 Å². The highest BCUT2D eigenvalue weighted by Gasteiger charge is 2.33. The molecule has 0 radical (unpaired) electrons. The van der Waals surface area contributed by atoms with Gasteiger partial charge in [-0.3, -0.25) is 9.69 Å². The first kappa shape index (κ1) is 17.3. The van der Waals surface area contributed by atoms with Crippen molar-refractivity contribution in [3.05, 3.63) is 76.7 Å². The molecule has 0 aromatic heterocycles. The first-order chi connectivity index (χ1) is 12.5. The van der Waals surface area contributed by atoms with Gasteiger partial charge < -0.3 is 10.1 Å². The van der Waals surface area contributed by atoms with Crippen molar-refractivity contribution in [3.63, 3.8) is 0 Å². The molecule has 3 amide bonds. The third kappa shape index (κ3) is 3.61. The van der Waals surface area contributed by atoms with Crippen LogP contribution in [-0.2, 0) is 16.1 Å². The van der Waals surface area contributed by atoms with Crippen LogP contribution in [0.4, 0.5) is 9.18 Å². The molecule has 0 bridgehead atoms. The topological polar surface area (TPSA) is 75.7 Å². The molecule has 0 saturated carbocycles. The molecule has 1 aliphatic rings. The minimum Gasteiger partial charge on any atom is -0.465 e. The lowest BCUT2D eigenvalue weighted by Gasteiger charge is -2.11. The Bertz CT molecular complexity index is 889. The summed E-state index contributed by atoms with van der Waals surface area (Å²) in [6, 6.07) is 11.4. The Morgan fingerprint density at radius 1 is 1.12 bits per heavy atom. The van der Waals surface area contributed by atoms with E-state index in [1.807, 2.05) is 0 Å². The van der Waals surface area contributed by atoms with E-state index in [9.17, 15) is 18.8 Å². The summed E-state index contributed by atoms with van der Waals surface area (Å²) >= 11 is 0. The van der Waals surface area contributed by atoms with Crippen LogP contribution >= 0.6 is 0 Å². The van der Waals surface area contributed by atoms with Crippen LogP contribution in [-0.4, -0.2) is 29.9 Å². The number of amides is 3. The number of urea groups is 1. The molecule has 0 spiro atoms. The molecule has 2 aromatic rings. The maximum Gasteiger partial charge on any atom is 0.337 e. The number of esters is 1. The number of hydrogen-bond donors (Lipinski definition) is 1. The Morgan fingerprint density at radius 2 is 1.77 bits per heavy atom. The number of halogens is 1. The van der Waals surface area contributed by atoms with E-state index in [0.717, 1.165) is 4.90 Å². The van der Waals surface area contributed by atoms with Crippen LogP contribution in [0.2, 0.25) is 0 Å². The molecule has 26 heavy (non-hydrogen) atoms. The van der Waals surface area contributed by atoms with Crippen LogP contribution in [0.15, 0.2) is 54.2 Å². The molecule has 1 saturated heterocycles. The van der Waals surface area contributed by atoms with Crippen LogP contribution < -0.4 is 5.32 Å². The van der Waals surface area contributed by atoms with Crippen molar-refractivity contribution in [1.82, 2.24) is 10.2 Å². The molecule has 0 unspecified atom stereocenters. The normalized spacial score (nSPS) is 15.3. The fourth-order valence-corrected chi connectivity index (χ4v) is 2.49. The van der Waals surface area contributed by atoms with Crippen molar-refractivity contribution in [1.29, 1.82) is 0 Å². The predicted octanol–water partition coefficient (Wildman–Crippen LogP) is 2.71. The van der Waals surface area contributed by atoms with Gasteiger partial charge in [0.1, 0.15) is 11.5 Å². The third-order valence-corrected chi connectivity index (χ3v) is 3.86. The van der Waals surface area contributed by atoms with Gasteiger partial charge in [-0.05, 0) is 41.5 Å². The van der Waals surface area contributed by atoms with Gasteiger partial charge in [0.25, 0.3) is 5.91 Å². The molecule has 1 fully saturated rings. The maximum atomic E-state index is 13.0. The smallest absolute Gasteiger partial charge is 0.337 e. The lowest BCUT2D eigenvalue weighted by Crippen LogP contribution is -2.30. The van der Waals surface area contributed by atoms with Crippen molar-refractivity contribution in [2.45, 2.75) is 6.54 Å². The number of carbonyl (C=O) groups excluding carboxylic acids is 3. The van der Waals surface area contributed by atoms with Gasteiger partial charge in [0.05, 0.1) is 19.2 Å². The Hall–Kier alpha value is -3.48. The zero-order valence-corrected chi connectivity index (χ0v) is 13.9. The molecule has 1 heterocycles. The average molecular weight is 354 g/mol. The van der Waals surface area contributed by atoms with Crippen molar-refractivity contribution < 1.29 is 23.5 Å². The average Bonchev–Trinajstić information content (AvgIpc) is 2.91. The van der Waals surface area contributed by atoms with Gasteiger partial charge in [-0.15, -0.1) is 0 Å². The van der Waals surface area contributed by atoms with Gasteiger partial charge in [0.15, 0.2) is 0 Å². The summed E-state index contributed by atoms with van der Waals surface area (Å²) in [6.07, 6.45) is 1.52. The molecule has 132 valence electrons. The van der Waals surface area contributed by atoms with E-state index >= 15 is 0 Å². The molecular formula is C19H15FN2O4. The number of imide groups is 1. The summed E-state index contributed by atoms with van der Waals surface area (Å²) in [7, 11) is 1.29. The molecule has 1 aliphatic heterocycles. The van der Waals surface area contributed by atoms with Gasteiger partial charge in [-0.25, -0.2) is 14.0 Å². The summed E-state index contributed by atoms with van der Waals surface area (Å²) in [5.74, 6) is -1.32. The lowest BCUT2D eigenvalue weighted by atomic mass is 10.1. The van der Waals surface area contributed by atoms with Gasteiger partial charge in [-0.2, -0.15) is 0 Å². The molecule has 2 aromatic carbocycles. The van der Waals surface area contributed by atoms with Crippen LogP contribution in [0.5, 0.6) is 0 Å². The fourth-order valence-electron chi connectivity index (χ4n) is 2.49. The van der Waals surface area contributed by atoms with Crippen LogP contribution in [0.1, 0.15) is 21.5 Å². The summed E-state index contributed by atoms with van der Waals surface area (Å²) in [4.78, 5) is 37.0. The number of benzene rings is 2. The molecule has 1 N–H and O–H groups in total. The standard InChI is InChI=1S/C19H15FN2O4/c1-26-18(24)14-6-2-12(3-7-14)10-16-17(23)22(19(25)21-16)11-13-4-8-15(20)9-5-13/h2-10H,11H2,1H3,(H,21,25). The number of ether oxygens (including phenoxy) is 1. The first-order valence-corrected chi connectivity index (χ1v) is 7.75. The highest BCUT2D eigenvalue weighted by molar-refractivity contribution is 6.13. The highest BCUT2D eigenvalue weighted by Crippen LogP contribution is 2.17. The van der Waals surface area contributed by atoms with Gasteiger partial charge in [-0.1, -0.05) is 24.3 Å². The van der Waals surface area contributed by atoms with Gasteiger partial charge in [0.2, 0.25) is 0 Å². The largest absolute Gasteiger partial charge is 0.465 e. The Balaban J connectivity index is 1.76. The minimum atomic E-state index is -0.545. The second-order valence-corrected chi connectivity index (χ2v) is 5.62. The first-order valence-electron chi connectivity index (χ1n) is 7.75. The number of nitrogens with one attached hydrogen (secondary N) is 1. The van der Waals surface area contributed by atoms with E-state index in [1.165, 1.54) is 37.5 Å². The van der Waals surface area contributed by atoms with Crippen LogP contribution in [0.25, 0.3) is 6.08 Å². The van der Waals surface area contributed by atoms with E-state index in [2.05, 4.69) is 10.1 Å². The third-order valence-electron chi connectivity index (χ3n) is 3.86. The van der Waals surface area contributed by atoms with Crippen molar-refractivity contribution >= 4 is 24.0 Å². The predicted molar refractivity (Wildman–Crippen MR) is 91.2 cm³/mol. The molecule has 6 nitrogen and oxygen atoms in total.